The van der Waals surface area contributed by atoms with Crippen LogP contribution in [0.15, 0.2) is 259 Å². The summed E-state index contributed by atoms with van der Waals surface area (Å²) in [6, 6.07) is 79.6. The molecule has 2 aliphatic rings. The molecule has 15 aromatic carbocycles. The Bertz CT molecular complexity index is 6410. The molecular formula is C84H58N14O2S2. The molecule has 2 aliphatic heterocycles. The van der Waals surface area contributed by atoms with Crippen molar-refractivity contribution in [1.29, 1.82) is 0 Å². The van der Waals surface area contributed by atoms with Crippen molar-refractivity contribution in [1.82, 2.24) is 39.9 Å². The first-order valence-corrected chi connectivity index (χ1v) is 35.4. The number of hydrogen-bond donors (Lipinski definition) is 6. The van der Waals surface area contributed by atoms with Gasteiger partial charge in [-0.05, 0) is 117 Å². The van der Waals surface area contributed by atoms with E-state index >= 15 is 0 Å². The highest BCUT2D eigenvalue weighted by Crippen LogP contribution is 2.49. The van der Waals surface area contributed by atoms with Gasteiger partial charge in [-0.3, -0.25) is 9.97 Å². The second kappa shape index (κ2) is 24.8. The zero-order valence-corrected chi connectivity index (χ0v) is 56.1. The van der Waals surface area contributed by atoms with Crippen LogP contribution in [0.5, 0.6) is 11.5 Å². The minimum absolute atomic E-state index is 0.476. The van der Waals surface area contributed by atoms with Gasteiger partial charge >= 0.3 is 0 Å². The Morgan fingerprint density at radius 2 is 0.637 bits per heavy atom. The van der Waals surface area contributed by atoms with E-state index in [1.165, 1.54) is 25.9 Å². The summed E-state index contributed by atoms with van der Waals surface area (Å²) >= 11 is 3.78. The summed E-state index contributed by atoms with van der Waals surface area (Å²) in [6.07, 6.45) is 3.39. The van der Waals surface area contributed by atoms with E-state index in [-0.39, 0.29) is 0 Å². The summed E-state index contributed by atoms with van der Waals surface area (Å²) in [5, 5.41) is 24.3. The van der Waals surface area contributed by atoms with Gasteiger partial charge in [0.15, 0.2) is 11.5 Å². The van der Waals surface area contributed by atoms with Gasteiger partial charge in [0, 0.05) is 106 Å². The number of nitrogens with two attached hydrogens (primary N) is 3. The minimum atomic E-state index is 0.476. The van der Waals surface area contributed by atoms with E-state index in [1.54, 1.807) is 12.4 Å². The monoisotopic (exact) mass is 1360 g/mol. The maximum absolute atomic E-state index is 6.05. The van der Waals surface area contributed by atoms with Crippen LogP contribution in [0.4, 0.5) is 51.2 Å². The molecule has 0 atom stereocenters. The topological polar surface area (TPSA) is 236 Å². The quantitative estimate of drug-likeness (QED) is 0.0516. The highest BCUT2D eigenvalue weighted by molar-refractivity contribution is 8.05. The first-order chi connectivity index (χ1) is 50.3. The fourth-order valence-electron chi connectivity index (χ4n) is 14.2. The number of aromatic nitrogens is 8. The van der Waals surface area contributed by atoms with Gasteiger partial charge in [-0.2, -0.15) is 0 Å². The van der Waals surface area contributed by atoms with E-state index in [0.717, 1.165) is 177 Å². The molecule has 19 aromatic rings. The van der Waals surface area contributed by atoms with E-state index in [9.17, 15) is 0 Å². The number of nitrogens with zero attached hydrogens (tertiary/aromatic N) is 8. The number of thioether (sulfide) groups is 2. The third kappa shape index (κ3) is 10.5. The fraction of sp³-hybridized carbons (Fsp3) is 0.0476. The number of fused-ring (bicyclic) bond motifs is 24. The Morgan fingerprint density at radius 3 is 1.09 bits per heavy atom. The molecule has 0 radical (unpaired) electrons. The molecule has 0 aliphatic carbocycles. The molecule has 488 valence electrons. The Labute approximate surface area is 590 Å². The summed E-state index contributed by atoms with van der Waals surface area (Å²) < 4.78 is 12.0. The van der Waals surface area contributed by atoms with E-state index < -0.39 is 0 Å². The average Bonchev–Trinajstić information content (AvgIpc) is 0.738. The van der Waals surface area contributed by atoms with Crippen molar-refractivity contribution in [3.63, 3.8) is 0 Å². The fourth-order valence-corrected chi connectivity index (χ4v) is 16.5. The lowest BCUT2D eigenvalue weighted by Crippen LogP contribution is -2.16. The standard InChI is InChI=1S/C28H18N6.C28H20N4O2.C28H20N4S2/c29-16-9-11-17(12-10-16)32-28-26-22(30-13-14-31-26)15-23-27(28)34-25-21-8-4-2-6-19(21)18-5-1-3-7-20(18)24(25)33-23;2*29-16-9-11-17(12-10-16)30-27-26-22(15-23-28(27)34-14-13-33-23)31-24-20-7-3-1-5-18(20)19-6-2-4-8-21(19)25(24)32-26/h1-15,32H,29H2;2*1-12,15,30H,13-14,29H2. The van der Waals surface area contributed by atoms with Gasteiger partial charge < -0.3 is 42.6 Å². The van der Waals surface area contributed by atoms with E-state index in [4.69, 9.17) is 56.6 Å². The maximum Gasteiger partial charge on any atom is 0.187 e. The predicted octanol–water partition coefficient (Wildman–Crippen LogP) is 20.2. The summed E-state index contributed by atoms with van der Waals surface area (Å²) in [4.78, 5) is 42.9. The lowest BCUT2D eigenvalue weighted by Gasteiger charge is -2.23. The summed E-state index contributed by atoms with van der Waals surface area (Å²) in [5.41, 5.74) is 36.8. The second-order valence-electron chi connectivity index (χ2n) is 25.1. The number of rotatable bonds is 6. The third-order valence-electron chi connectivity index (χ3n) is 18.8. The molecule has 0 saturated carbocycles. The van der Waals surface area contributed by atoms with Gasteiger partial charge in [-0.15, -0.1) is 23.5 Å². The molecule has 0 amide bonds. The van der Waals surface area contributed by atoms with Crippen molar-refractivity contribution in [2.24, 2.45) is 0 Å². The summed E-state index contributed by atoms with van der Waals surface area (Å²) in [6.45, 7) is 0.970. The molecule has 4 aromatic heterocycles. The van der Waals surface area contributed by atoms with Crippen molar-refractivity contribution >= 4 is 217 Å². The van der Waals surface area contributed by atoms with Crippen LogP contribution >= 0.6 is 23.5 Å². The molecule has 16 nitrogen and oxygen atoms in total. The van der Waals surface area contributed by atoms with Crippen molar-refractivity contribution in [3.05, 3.63) is 249 Å². The third-order valence-corrected chi connectivity index (χ3v) is 21.4. The van der Waals surface area contributed by atoms with Crippen LogP contribution in [-0.4, -0.2) is 64.6 Å². The van der Waals surface area contributed by atoms with Crippen molar-refractivity contribution in [3.8, 4) is 11.5 Å². The Kier molecular flexibility index (Phi) is 14.7. The Morgan fingerprint density at radius 1 is 0.294 bits per heavy atom. The number of ether oxygens (including phenoxy) is 2. The first kappa shape index (κ1) is 60.3. The normalized spacial score (nSPS) is 12.7. The molecule has 102 heavy (non-hydrogen) atoms. The van der Waals surface area contributed by atoms with Crippen LogP contribution in [-0.2, 0) is 0 Å². The maximum atomic E-state index is 6.05. The molecule has 0 saturated heterocycles. The largest absolute Gasteiger partial charge is 0.486 e. The van der Waals surface area contributed by atoms with E-state index in [1.807, 2.05) is 133 Å². The van der Waals surface area contributed by atoms with Crippen molar-refractivity contribution in [2.75, 3.05) is 57.9 Å². The number of nitrogen functional groups attached to an aromatic ring is 3. The molecular weight excluding hydrogens is 1300 g/mol. The van der Waals surface area contributed by atoms with Crippen molar-refractivity contribution in [2.45, 2.75) is 9.79 Å². The zero-order valence-electron chi connectivity index (χ0n) is 54.4. The molecule has 0 spiro atoms. The van der Waals surface area contributed by atoms with Gasteiger partial charge in [0.1, 0.15) is 41.0 Å². The molecule has 9 N–H and O–H groups in total. The number of hydrogen-bond acceptors (Lipinski definition) is 18. The molecule has 0 fully saturated rings. The number of nitrogens with one attached hydrogen (secondary N) is 3. The predicted molar refractivity (Wildman–Crippen MR) is 424 cm³/mol. The molecule has 21 rings (SSSR count). The Hall–Kier alpha value is -12.9. The lowest BCUT2D eigenvalue weighted by molar-refractivity contribution is 0.173. The van der Waals surface area contributed by atoms with Crippen LogP contribution in [0, 0.1) is 0 Å². The van der Waals surface area contributed by atoms with Gasteiger partial charge in [0.2, 0.25) is 0 Å². The van der Waals surface area contributed by atoms with Gasteiger partial charge in [-0.1, -0.05) is 146 Å². The minimum Gasteiger partial charge on any atom is -0.486 e. The van der Waals surface area contributed by atoms with E-state index in [0.29, 0.717) is 36.1 Å². The average molecular weight is 1360 g/mol. The smallest absolute Gasteiger partial charge is 0.187 e. The van der Waals surface area contributed by atoms with Gasteiger partial charge in [0.25, 0.3) is 0 Å². The van der Waals surface area contributed by atoms with Crippen LogP contribution in [0.1, 0.15) is 0 Å². The van der Waals surface area contributed by atoms with Gasteiger partial charge in [0.05, 0.1) is 66.5 Å². The molecule has 0 unspecified atom stereocenters. The lowest BCUT2D eigenvalue weighted by atomic mass is 9.99. The molecule has 18 heteroatoms. The van der Waals surface area contributed by atoms with Gasteiger partial charge in [-0.25, -0.2) is 29.9 Å². The highest BCUT2D eigenvalue weighted by atomic mass is 32.2. The SMILES string of the molecule is Nc1ccc(Nc2c3c(cc4nc5c6ccccc6c6ccccc6c5nc24)OCCO3)cc1.Nc1ccc(Nc2c3c(cc4nc5c6ccccc6c6ccccc6c5nc24)SCCS3)cc1.Nc1ccc(Nc2c3nccnc3cc3nc4c5ccccc5c5ccccc5c4nc23)cc1. The van der Waals surface area contributed by atoms with Crippen LogP contribution in [0.2, 0.25) is 0 Å². The second-order valence-corrected chi connectivity index (χ2v) is 27.3. The molecule has 6 heterocycles. The number of benzene rings is 15. The Balaban J connectivity index is 0.000000106. The van der Waals surface area contributed by atoms with Crippen molar-refractivity contribution < 1.29 is 9.47 Å². The van der Waals surface area contributed by atoms with Crippen LogP contribution < -0.4 is 42.6 Å². The van der Waals surface area contributed by atoms with Crippen LogP contribution in [0.25, 0.3) is 142 Å². The summed E-state index contributed by atoms with van der Waals surface area (Å²) in [7, 11) is 0. The summed E-state index contributed by atoms with van der Waals surface area (Å²) in [5.74, 6) is 3.48. The highest BCUT2D eigenvalue weighted by Gasteiger charge is 2.26. The van der Waals surface area contributed by atoms with Crippen LogP contribution in [0.3, 0.4) is 0 Å². The first-order valence-electron chi connectivity index (χ1n) is 33.5. The zero-order chi connectivity index (χ0) is 67.9. The molecule has 0 bridgehead atoms. The van der Waals surface area contributed by atoms with E-state index in [2.05, 4.69) is 153 Å². The number of anilines is 9.